The van der Waals surface area contributed by atoms with Crippen LogP contribution in [0.4, 0.5) is 0 Å². The Bertz CT molecular complexity index is 342. The summed E-state index contributed by atoms with van der Waals surface area (Å²) in [6.45, 7) is 2.49. The fourth-order valence-electron chi connectivity index (χ4n) is 1.09. The summed E-state index contributed by atoms with van der Waals surface area (Å²) in [5, 5.41) is 0.731. The van der Waals surface area contributed by atoms with Gasteiger partial charge in [0.25, 0.3) is 0 Å². The van der Waals surface area contributed by atoms with Gasteiger partial charge in [0.05, 0.1) is 18.1 Å². The zero-order chi connectivity index (χ0) is 11.8. The summed E-state index contributed by atoms with van der Waals surface area (Å²) in [5.74, 6) is 0.563. The molecular formula is C12H15ClO2S. The molecule has 0 aromatic heterocycles. The number of rotatable bonds is 6. The van der Waals surface area contributed by atoms with Crippen molar-refractivity contribution in [2.24, 2.45) is 0 Å². The molecule has 16 heavy (non-hydrogen) atoms. The SMILES string of the molecule is CCCOC(=O)CCSc1ccccc1Cl. The molecule has 1 aromatic rings. The Kier molecular flexibility index (Phi) is 6.34. The molecule has 0 aliphatic rings. The molecule has 1 rings (SSSR count). The van der Waals surface area contributed by atoms with E-state index < -0.39 is 0 Å². The highest BCUT2D eigenvalue weighted by Crippen LogP contribution is 2.26. The van der Waals surface area contributed by atoms with Gasteiger partial charge in [0.15, 0.2) is 0 Å². The lowest BCUT2D eigenvalue weighted by molar-refractivity contribution is -0.143. The molecule has 0 aliphatic heterocycles. The minimum atomic E-state index is -0.138. The average Bonchev–Trinajstić information content (AvgIpc) is 2.29. The van der Waals surface area contributed by atoms with E-state index in [-0.39, 0.29) is 5.97 Å². The molecule has 0 saturated carbocycles. The molecule has 0 amide bonds. The number of carbonyl (C=O) groups excluding carboxylic acids is 1. The van der Waals surface area contributed by atoms with Crippen LogP contribution in [0, 0.1) is 0 Å². The van der Waals surface area contributed by atoms with Gasteiger partial charge < -0.3 is 4.74 Å². The lowest BCUT2D eigenvalue weighted by Crippen LogP contribution is -2.05. The van der Waals surface area contributed by atoms with E-state index in [1.807, 2.05) is 31.2 Å². The maximum atomic E-state index is 11.2. The summed E-state index contributed by atoms with van der Waals surface area (Å²) >= 11 is 7.56. The third-order valence-corrected chi connectivity index (χ3v) is 3.38. The van der Waals surface area contributed by atoms with Gasteiger partial charge in [-0.05, 0) is 18.6 Å². The molecule has 0 N–H and O–H groups in total. The molecule has 1 aromatic carbocycles. The van der Waals surface area contributed by atoms with Crippen LogP contribution in [0.1, 0.15) is 19.8 Å². The molecule has 0 saturated heterocycles. The number of hydrogen-bond donors (Lipinski definition) is 0. The van der Waals surface area contributed by atoms with Crippen LogP contribution >= 0.6 is 23.4 Å². The third kappa shape index (κ3) is 4.90. The van der Waals surface area contributed by atoms with Gasteiger partial charge in [0.2, 0.25) is 0 Å². The van der Waals surface area contributed by atoms with Gasteiger partial charge in [-0.3, -0.25) is 4.79 Å². The molecule has 0 fully saturated rings. The van der Waals surface area contributed by atoms with E-state index in [9.17, 15) is 4.79 Å². The van der Waals surface area contributed by atoms with Crippen LogP contribution in [0.5, 0.6) is 0 Å². The van der Waals surface area contributed by atoms with E-state index in [4.69, 9.17) is 16.3 Å². The van der Waals surface area contributed by atoms with Gasteiger partial charge in [-0.25, -0.2) is 0 Å². The topological polar surface area (TPSA) is 26.3 Å². The minimum absolute atomic E-state index is 0.138. The predicted octanol–water partition coefficient (Wildman–Crippen LogP) is 3.78. The summed E-state index contributed by atoms with van der Waals surface area (Å²) in [7, 11) is 0. The predicted molar refractivity (Wildman–Crippen MR) is 68.0 cm³/mol. The number of halogens is 1. The summed E-state index contributed by atoms with van der Waals surface area (Å²) in [5.41, 5.74) is 0. The number of esters is 1. The maximum absolute atomic E-state index is 11.2. The van der Waals surface area contributed by atoms with Gasteiger partial charge in [-0.2, -0.15) is 0 Å². The number of thioether (sulfide) groups is 1. The molecule has 0 spiro atoms. The van der Waals surface area contributed by atoms with Gasteiger partial charge in [0.1, 0.15) is 0 Å². The van der Waals surface area contributed by atoms with Crippen LogP contribution in [0.15, 0.2) is 29.2 Å². The minimum Gasteiger partial charge on any atom is -0.466 e. The normalized spacial score (nSPS) is 10.1. The first-order valence-corrected chi connectivity index (χ1v) is 6.63. The first kappa shape index (κ1) is 13.4. The van der Waals surface area contributed by atoms with Crippen molar-refractivity contribution in [3.8, 4) is 0 Å². The van der Waals surface area contributed by atoms with Crippen molar-refractivity contribution in [1.82, 2.24) is 0 Å². The van der Waals surface area contributed by atoms with Gasteiger partial charge in [0, 0.05) is 10.6 Å². The molecule has 0 heterocycles. The summed E-state index contributed by atoms with van der Waals surface area (Å²) in [6.07, 6.45) is 1.29. The van der Waals surface area contributed by atoms with Crippen molar-refractivity contribution in [2.45, 2.75) is 24.7 Å². The van der Waals surface area contributed by atoms with Crippen LogP contribution in [-0.4, -0.2) is 18.3 Å². The highest BCUT2D eigenvalue weighted by Gasteiger charge is 2.04. The van der Waals surface area contributed by atoms with E-state index in [2.05, 4.69) is 0 Å². The van der Waals surface area contributed by atoms with Gasteiger partial charge in [-0.1, -0.05) is 30.7 Å². The molecule has 2 nitrogen and oxygen atoms in total. The quantitative estimate of drug-likeness (QED) is 0.574. The lowest BCUT2D eigenvalue weighted by Gasteiger charge is -2.04. The van der Waals surface area contributed by atoms with E-state index >= 15 is 0 Å². The maximum Gasteiger partial charge on any atom is 0.306 e. The average molecular weight is 259 g/mol. The van der Waals surface area contributed by atoms with E-state index in [1.54, 1.807) is 11.8 Å². The second-order valence-corrected chi connectivity index (χ2v) is 4.79. The monoisotopic (exact) mass is 258 g/mol. The number of hydrogen-bond acceptors (Lipinski definition) is 3. The van der Waals surface area contributed by atoms with Crippen molar-refractivity contribution in [3.05, 3.63) is 29.3 Å². The molecule has 0 radical (unpaired) electrons. The Balaban J connectivity index is 2.25. The van der Waals surface area contributed by atoms with Gasteiger partial charge in [-0.15, -0.1) is 11.8 Å². The molecule has 0 bridgehead atoms. The highest BCUT2D eigenvalue weighted by atomic mass is 35.5. The molecule has 0 unspecified atom stereocenters. The largest absolute Gasteiger partial charge is 0.466 e. The second-order valence-electron chi connectivity index (χ2n) is 3.25. The fourth-order valence-corrected chi connectivity index (χ4v) is 2.26. The zero-order valence-electron chi connectivity index (χ0n) is 9.24. The summed E-state index contributed by atoms with van der Waals surface area (Å²) < 4.78 is 4.97. The standard InChI is InChI=1S/C12H15ClO2S/c1-2-8-15-12(14)7-9-16-11-6-4-3-5-10(11)13/h3-6H,2,7-9H2,1H3. The molecule has 0 atom stereocenters. The Morgan fingerprint density at radius 1 is 1.44 bits per heavy atom. The van der Waals surface area contributed by atoms with Crippen LogP contribution in [0.3, 0.4) is 0 Å². The number of carbonyl (C=O) groups is 1. The van der Waals surface area contributed by atoms with Crippen molar-refractivity contribution in [1.29, 1.82) is 0 Å². The van der Waals surface area contributed by atoms with Crippen molar-refractivity contribution < 1.29 is 9.53 Å². The fraction of sp³-hybridized carbons (Fsp3) is 0.417. The van der Waals surface area contributed by atoms with Crippen molar-refractivity contribution in [2.75, 3.05) is 12.4 Å². The molecule has 4 heteroatoms. The Hall–Kier alpha value is -0.670. The number of ether oxygens (including phenoxy) is 1. The zero-order valence-corrected chi connectivity index (χ0v) is 10.8. The van der Waals surface area contributed by atoms with Crippen LogP contribution < -0.4 is 0 Å². The van der Waals surface area contributed by atoms with Crippen LogP contribution in [-0.2, 0) is 9.53 Å². The molecular weight excluding hydrogens is 244 g/mol. The third-order valence-electron chi connectivity index (χ3n) is 1.87. The van der Waals surface area contributed by atoms with E-state index in [0.717, 1.165) is 16.3 Å². The summed E-state index contributed by atoms with van der Waals surface area (Å²) in [4.78, 5) is 12.2. The first-order chi connectivity index (χ1) is 7.74. The van der Waals surface area contributed by atoms with E-state index in [0.29, 0.717) is 18.8 Å². The number of benzene rings is 1. The smallest absolute Gasteiger partial charge is 0.306 e. The van der Waals surface area contributed by atoms with Crippen molar-refractivity contribution >= 4 is 29.3 Å². The lowest BCUT2D eigenvalue weighted by atomic mass is 10.4. The Morgan fingerprint density at radius 3 is 2.88 bits per heavy atom. The van der Waals surface area contributed by atoms with Crippen molar-refractivity contribution in [3.63, 3.8) is 0 Å². The van der Waals surface area contributed by atoms with Crippen LogP contribution in [0.25, 0.3) is 0 Å². The summed E-state index contributed by atoms with van der Waals surface area (Å²) in [6, 6.07) is 7.62. The van der Waals surface area contributed by atoms with E-state index in [1.165, 1.54) is 0 Å². The Morgan fingerprint density at radius 2 is 2.19 bits per heavy atom. The molecule has 0 aliphatic carbocycles. The Labute approximate surface area is 105 Å². The van der Waals surface area contributed by atoms with Crippen LogP contribution in [0.2, 0.25) is 5.02 Å². The first-order valence-electron chi connectivity index (χ1n) is 5.27. The second kappa shape index (κ2) is 7.58. The van der Waals surface area contributed by atoms with Gasteiger partial charge >= 0.3 is 5.97 Å². The highest BCUT2D eigenvalue weighted by molar-refractivity contribution is 7.99. The molecule has 88 valence electrons.